The summed E-state index contributed by atoms with van der Waals surface area (Å²) in [6.45, 7) is 10.6. The van der Waals surface area contributed by atoms with E-state index in [9.17, 15) is 10.2 Å². The van der Waals surface area contributed by atoms with Crippen LogP contribution in [0.15, 0.2) is 70.6 Å². The van der Waals surface area contributed by atoms with E-state index in [-0.39, 0.29) is 28.3 Å². The number of phenols is 2. The number of carboxylic acids is 2. The first-order valence-corrected chi connectivity index (χ1v) is 12.9. The van der Waals surface area contributed by atoms with Crippen LogP contribution in [0.5, 0.6) is 11.5 Å². The van der Waals surface area contributed by atoms with Crippen molar-refractivity contribution in [3.63, 3.8) is 0 Å². The van der Waals surface area contributed by atoms with E-state index < -0.39 is 11.9 Å². The van der Waals surface area contributed by atoms with Crippen LogP contribution in [0.3, 0.4) is 0 Å². The second kappa shape index (κ2) is 19.2. The third-order valence-corrected chi connectivity index (χ3v) is 5.04. The van der Waals surface area contributed by atoms with Gasteiger partial charge in [0.25, 0.3) is 0 Å². The van der Waals surface area contributed by atoms with Crippen LogP contribution in [0.2, 0.25) is 0 Å². The maximum atomic E-state index is 10.2. The van der Waals surface area contributed by atoms with Crippen molar-refractivity contribution in [3.05, 3.63) is 82.9 Å². The van der Waals surface area contributed by atoms with Crippen molar-refractivity contribution in [2.75, 3.05) is 0 Å². The molecule has 0 bridgehead atoms. The molecule has 8 nitrogen and oxygen atoms in total. The van der Waals surface area contributed by atoms with Crippen LogP contribution in [0.1, 0.15) is 63.8 Å². The van der Waals surface area contributed by atoms with Crippen molar-refractivity contribution < 1.29 is 46.8 Å². The summed E-state index contributed by atoms with van der Waals surface area (Å²) in [7, 11) is 0. The van der Waals surface area contributed by atoms with Crippen LogP contribution in [0.4, 0.5) is 11.4 Å². The van der Waals surface area contributed by atoms with Crippen LogP contribution in [-0.2, 0) is 39.2 Å². The van der Waals surface area contributed by atoms with Crippen LogP contribution in [0.25, 0.3) is 0 Å². The minimum atomic E-state index is -1.08. The van der Waals surface area contributed by atoms with Crippen LogP contribution >= 0.6 is 0 Å². The Hall–Kier alpha value is -3.95. The fourth-order valence-electron chi connectivity index (χ4n) is 3.57. The van der Waals surface area contributed by atoms with Crippen LogP contribution in [-0.4, -0.2) is 34.6 Å². The zero-order chi connectivity index (χ0) is 30.2. The van der Waals surface area contributed by atoms with Gasteiger partial charge in [0.15, 0.2) is 0 Å². The van der Waals surface area contributed by atoms with E-state index in [0.717, 1.165) is 26.7 Å². The topological polar surface area (TPSA) is 145 Å². The van der Waals surface area contributed by atoms with Crippen molar-refractivity contribution in [3.8, 4) is 11.5 Å². The second-order valence-corrected chi connectivity index (χ2v) is 9.97. The van der Waals surface area contributed by atoms with Crippen molar-refractivity contribution >= 4 is 35.7 Å². The standard InChI is InChI=1S/C28H32N2O2.2C2H4O2.Co/c1-19(2)13-21-9-11-27(31)23(15-21)17-29-25-7-5-6-8-26(25)30-18-24-16-22(14-20(3)4)10-12-28(24)32;2*1-2(3)4;/h5-12,15-20,31-32H,13-14H2,1-4H3;2*1H3,(H,3,4);/q;;;+2/p-2. The summed E-state index contributed by atoms with van der Waals surface area (Å²) in [6, 6.07) is 18.9. The molecule has 0 aliphatic rings. The zero-order valence-corrected chi connectivity index (χ0v) is 25.3. The van der Waals surface area contributed by atoms with Gasteiger partial charge in [-0.1, -0.05) is 52.0 Å². The summed E-state index contributed by atoms with van der Waals surface area (Å²) in [5, 5.41) is 38.3. The molecule has 41 heavy (non-hydrogen) atoms. The Morgan fingerprint density at radius 3 is 1.32 bits per heavy atom. The molecule has 3 aromatic carbocycles. The van der Waals surface area contributed by atoms with E-state index in [1.165, 1.54) is 11.1 Å². The molecule has 2 N–H and O–H groups in total. The molecule has 1 radical (unpaired) electrons. The van der Waals surface area contributed by atoms with E-state index in [4.69, 9.17) is 19.8 Å². The van der Waals surface area contributed by atoms with Crippen molar-refractivity contribution in [1.82, 2.24) is 0 Å². The van der Waals surface area contributed by atoms with E-state index in [1.54, 1.807) is 24.6 Å². The average molecular weight is 606 g/mol. The molecule has 0 aliphatic heterocycles. The van der Waals surface area contributed by atoms with Gasteiger partial charge in [0.1, 0.15) is 11.5 Å². The van der Waals surface area contributed by atoms with Gasteiger partial charge in [0.2, 0.25) is 0 Å². The Bertz CT molecular complexity index is 1210. The van der Waals surface area contributed by atoms with Gasteiger partial charge in [-0.2, -0.15) is 0 Å². The molecule has 3 aromatic rings. The van der Waals surface area contributed by atoms with Gasteiger partial charge in [-0.25, -0.2) is 0 Å². The molecule has 0 saturated heterocycles. The normalized spacial score (nSPS) is 10.5. The first kappa shape index (κ1) is 37.0. The molecule has 0 aliphatic carbocycles. The monoisotopic (exact) mass is 605 g/mol. The molecule has 0 saturated carbocycles. The Labute approximate surface area is 252 Å². The van der Waals surface area contributed by atoms with Gasteiger partial charge in [-0.15, -0.1) is 0 Å². The summed E-state index contributed by atoms with van der Waals surface area (Å²) in [4.78, 5) is 27.0. The predicted octanol–water partition coefficient (Wildman–Crippen LogP) is 4.51. The minimum Gasteiger partial charge on any atom is -0.550 e. The molecule has 3 rings (SSSR count). The average Bonchev–Trinajstić information content (AvgIpc) is 2.84. The van der Waals surface area contributed by atoms with Gasteiger partial charge < -0.3 is 30.0 Å². The van der Waals surface area contributed by atoms with Crippen LogP contribution < -0.4 is 10.2 Å². The number of carbonyl (C=O) groups excluding carboxylic acids is 2. The van der Waals surface area contributed by atoms with Gasteiger partial charge in [-0.3, -0.25) is 9.98 Å². The summed E-state index contributed by atoms with van der Waals surface area (Å²) >= 11 is 0. The number of hydrogen-bond acceptors (Lipinski definition) is 8. The van der Waals surface area contributed by atoms with Crippen LogP contribution in [0, 0.1) is 11.8 Å². The first-order chi connectivity index (χ1) is 18.8. The quantitative estimate of drug-likeness (QED) is 0.362. The molecular weight excluding hydrogens is 567 g/mol. The number of aromatic hydroxyl groups is 2. The SMILES string of the molecule is CC(=O)[O-].CC(=O)[O-].CC(C)Cc1ccc(O)c(C=Nc2ccccc2N=Cc2cc(CC(C)C)ccc2O)c1.[Co+2]. The summed E-state index contributed by atoms with van der Waals surface area (Å²) in [5.41, 5.74) is 5.08. The molecule has 0 heterocycles. The summed E-state index contributed by atoms with van der Waals surface area (Å²) in [5.74, 6) is -0.687. The Morgan fingerprint density at radius 2 is 1.02 bits per heavy atom. The van der Waals surface area contributed by atoms with E-state index in [2.05, 4.69) is 37.7 Å². The molecule has 9 heteroatoms. The third-order valence-electron chi connectivity index (χ3n) is 5.04. The molecule has 0 amide bonds. The predicted molar refractivity (Wildman–Crippen MR) is 156 cm³/mol. The molecule has 0 aromatic heterocycles. The van der Waals surface area contributed by atoms with Crippen molar-refractivity contribution in [2.24, 2.45) is 21.8 Å². The Kier molecular flexibility index (Phi) is 17.3. The van der Waals surface area contributed by atoms with E-state index in [1.807, 2.05) is 48.5 Å². The van der Waals surface area contributed by atoms with E-state index in [0.29, 0.717) is 34.3 Å². The molecule has 0 atom stereocenters. The zero-order valence-electron chi connectivity index (χ0n) is 24.3. The van der Waals surface area contributed by atoms with Crippen molar-refractivity contribution in [1.29, 1.82) is 0 Å². The number of carbonyl (C=O) groups is 2. The number of para-hydroxylation sites is 2. The second-order valence-electron chi connectivity index (χ2n) is 9.97. The Morgan fingerprint density at radius 1 is 0.707 bits per heavy atom. The number of benzene rings is 3. The molecule has 221 valence electrons. The maximum Gasteiger partial charge on any atom is 2.00 e. The number of rotatable bonds is 8. The molecule has 0 unspecified atom stereocenters. The van der Waals surface area contributed by atoms with Gasteiger partial charge in [-0.05, 0) is 86.1 Å². The Balaban J connectivity index is 0.00000158. The number of hydrogen-bond donors (Lipinski definition) is 2. The van der Waals surface area contributed by atoms with Crippen molar-refractivity contribution in [2.45, 2.75) is 54.4 Å². The fraction of sp³-hybridized carbons (Fsp3) is 0.312. The smallest absolute Gasteiger partial charge is 0.550 e. The number of nitrogens with zero attached hydrogens (tertiary/aromatic N) is 2. The first-order valence-electron chi connectivity index (χ1n) is 12.9. The number of phenolic OH excluding ortho intramolecular Hbond substituents is 2. The number of carboxylic acid groups (broad SMARTS) is 2. The number of aliphatic carboxylic acids is 2. The van der Waals surface area contributed by atoms with Gasteiger partial charge in [0, 0.05) is 35.5 Å². The number of aliphatic imine (C=N–C) groups is 2. The molecule has 0 fully saturated rings. The summed E-state index contributed by atoms with van der Waals surface area (Å²) < 4.78 is 0. The largest absolute Gasteiger partial charge is 2.00 e. The third kappa shape index (κ3) is 16.0. The van der Waals surface area contributed by atoms with Gasteiger partial charge >= 0.3 is 16.8 Å². The van der Waals surface area contributed by atoms with E-state index >= 15 is 0 Å². The maximum absolute atomic E-state index is 10.2. The minimum absolute atomic E-state index is 0. The fourth-order valence-corrected chi connectivity index (χ4v) is 3.57. The molecular formula is C32H38CoN2O6. The summed E-state index contributed by atoms with van der Waals surface area (Å²) in [6.07, 6.45) is 5.24. The van der Waals surface area contributed by atoms with Gasteiger partial charge in [0.05, 0.1) is 11.4 Å². The molecule has 0 spiro atoms.